The van der Waals surface area contributed by atoms with Crippen molar-refractivity contribution in [2.75, 3.05) is 18.1 Å². The summed E-state index contributed by atoms with van der Waals surface area (Å²) >= 11 is 0. The maximum atomic E-state index is 12.9. The minimum atomic E-state index is 0.0617. The first kappa shape index (κ1) is 14.8. The summed E-state index contributed by atoms with van der Waals surface area (Å²) in [6.07, 6.45) is 2.03. The zero-order valence-corrected chi connectivity index (χ0v) is 13.8. The Hall–Kier alpha value is -2.75. The molecule has 3 aromatic rings. The normalized spacial score (nSPS) is 13.7. The van der Waals surface area contributed by atoms with Gasteiger partial charge in [0.25, 0.3) is 0 Å². The summed E-state index contributed by atoms with van der Waals surface area (Å²) in [4.78, 5) is 14.7. The van der Waals surface area contributed by atoms with Gasteiger partial charge in [-0.05, 0) is 37.1 Å². The molecule has 0 radical (unpaired) electrons. The summed E-state index contributed by atoms with van der Waals surface area (Å²) in [5.41, 5.74) is 4.97. The second kappa shape index (κ2) is 5.71. The van der Waals surface area contributed by atoms with Gasteiger partial charge >= 0.3 is 0 Å². The molecule has 4 heteroatoms. The molecular formula is C20H19NO3. The minimum Gasteiger partial charge on any atom is -0.490 e. The zero-order chi connectivity index (χ0) is 16.7. The number of anilines is 1. The lowest BCUT2D eigenvalue weighted by Gasteiger charge is -2.29. The molecule has 0 saturated carbocycles. The molecule has 0 atom stereocenters. The van der Waals surface area contributed by atoms with E-state index in [4.69, 9.17) is 9.15 Å². The van der Waals surface area contributed by atoms with Crippen molar-refractivity contribution < 1.29 is 13.9 Å². The highest BCUT2D eigenvalue weighted by atomic mass is 16.5. The van der Waals surface area contributed by atoms with Crippen LogP contribution in [0.15, 0.2) is 47.1 Å². The SMILES string of the molecule is Cc1ccc2c(CC(=O)N3CCOc4ccccc43)coc2c1C. The Kier molecular flexibility index (Phi) is 3.53. The van der Waals surface area contributed by atoms with Gasteiger partial charge in [0.05, 0.1) is 24.9 Å². The number of carbonyl (C=O) groups is 1. The van der Waals surface area contributed by atoms with Crippen LogP contribution in [0.1, 0.15) is 16.7 Å². The van der Waals surface area contributed by atoms with Crippen LogP contribution in [0.4, 0.5) is 5.69 Å². The molecule has 1 aliphatic rings. The van der Waals surface area contributed by atoms with E-state index in [2.05, 4.69) is 13.0 Å². The first-order valence-corrected chi connectivity index (χ1v) is 8.13. The Labute approximate surface area is 140 Å². The van der Waals surface area contributed by atoms with Gasteiger partial charge in [0, 0.05) is 10.9 Å². The van der Waals surface area contributed by atoms with Crippen molar-refractivity contribution in [1.29, 1.82) is 0 Å². The molecule has 4 nitrogen and oxygen atoms in total. The van der Waals surface area contributed by atoms with Gasteiger partial charge in [-0.3, -0.25) is 4.79 Å². The van der Waals surface area contributed by atoms with Crippen LogP contribution < -0.4 is 9.64 Å². The molecule has 24 heavy (non-hydrogen) atoms. The highest BCUT2D eigenvalue weighted by Gasteiger charge is 2.24. The third kappa shape index (κ3) is 2.35. The molecule has 1 aliphatic heterocycles. The van der Waals surface area contributed by atoms with Crippen molar-refractivity contribution in [3.05, 3.63) is 59.4 Å². The maximum absolute atomic E-state index is 12.9. The van der Waals surface area contributed by atoms with E-state index in [1.165, 1.54) is 5.56 Å². The summed E-state index contributed by atoms with van der Waals surface area (Å²) < 4.78 is 11.3. The molecule has 2 heterocycles. The number of para-hydroxylation sites is 2. The van der Waals surface area contributed by atoms with Gasteiger partial charge in [-0.25, -0.2) is 0 Å². The second-order valence-corrected chi connectivity index (χ2v) is 6.18. The van der Waals surface area contributed by atoms with Crippen molar-refractivity contribution in [3.63, 3.8) is 0 Å². The van der Waals surface area contributed by atoms with Crippen LogP contribution in [-0.4, -0.2) is 19.1 Å². The molecule has 0 spiro atoms. The van der Waals surface area contributed by atoms with Crippen LogP contribution in [0, 0.1) is 13.8 Å². The number of rotatable bonds is 2. The van der Waals surface area contributed by atoms with E-state index in [1.54, 1.807) is 11.2 Å². The average Bonchev–Trinajstić information content (AvgIpc) is 3.01. The van der Waals surface area contributed by atoms with E-state index in [0.29, 0.717) is 19.6 Å². The Morgan fingerprint density at radius 1 is 1.17 bits per heavy atom. The number of benzene rings is 2. The molecule has 0 aliphatic carbocycles. The second-order valence-electron chi connectivity index (χ2n) is 6.18. The summed E-state index contributed by atoms with van der Waals surface area (Å²) in [6, 6.07) is 11.8. The quantitative estimate of drug-likeness (QED) is 0.716. The first-order chi connectivity index (χ1) is 11.6. The molecule has 1 amide bonds. The molecule has 0 fully saturated rings. The summed E-state index contributed by atoms with van der Waals surface area (Å²) in [7, 11) is 0. The number of furan rings is 1. The Bertz CT molecular complexity index is 926. The molecule has 4 rings (SSSR count). The number of fused-ring (bicyclic) bond motifs is 2. The van der Waals surface area contributed by atoms with Crippen LogP contribution in [0.25, 0.3) is 11.0 Å². The third-order valence-electron chi connectivity index (χ3n) is 4.71. The van der Waals surface area contributed by atoms with E-state index >= 15 is 0 Å². The Morgan fingerprint density at radius 2 is 2.00 bits per heavy atom. The Balaban J connectivity index is 1.65. The monoisotopic (exact) mass is 321 g/mol. The van der Waals surface area contributed by atoms with Crippen LogP contribution in [0.5, 0.6) is 5.75 Å². The predicted molar refractivity (Wildman–Crippen MR) is 93.7 cm³/mol. The molecular weight excluding hydrogens is 302 g/mol. The van der Waals surface area contributed by atoms with Crippen molar-refractivity contribution >= 4 is 22.6 Å². The molecule has 0 saturated heterocycles. The summed E-state index contributed by atoms with van der Waals surface area (Å²) in [5.74, 6) is 0.826. The topological polar surface area (TPSA) is 42.7 Å². The van der Waals surface area contributed by atoms with Gasteiger partial charge in [-0.15, -0.1) is 0 Å². The first-order valence-electron chi connectivity index (χ1n) is 8.13. The Morgan fingerprint density at radius 3 is 2.88 bits per heavy atom. The third-order valence-corrected chi connectivity index (χ3v) is 4.71. The molecule has 0 N–H and O–H groups in total. The van der Waals surface area contributed by atoms with Crippen molar-refractivity contribution in [2.45, 2.75) is 20.3 Å². The van der Waals surface area contributed by atoms with Gasteiger partial charge in [0.1, 0.15) is 17.9 Å². The molecule has 2 aromatic carbocycles. The summed E-state index contributed by atoms with van der Waals surface area (Å²) in [5, 5.41) is 1.02. The van der Waals surface area contributed by atoms with Crippen LogP contribution >= 0.6 is 0 Å². The lowest BCUT2D eigenvalue weighted by molar-refractivity contribution is -0.118. The van der Waals surface area contributed by atoms with E-state index in [9.17, 15) is 4.79 Å². The largest absolute Gasteiger partial charge is 0.490 e. The van der Waals surface area contributed by atoms with Gasteiger partial charge in [0.15, 0.2) is 0 Å². The van der Waals surface area contributed by atoms with Crippen molar-refractivity contribution in [2.24, 2.45) is 0 Å². The number of aryl methyl sites for hydroxylation is 2. The smallest absolute Gasteiger partial charge is 0.231 e. The highest BCUT2D eigenvalue weighted by molar-refractivity contribution is 5.99. The van der Waals surface area contributed by atoms with Crippen LogP contribution in [-0.2, 0) is 11.2 Å². The lowest BCUT2D eigenvalue weighted by atomic mass is 10.0. The maximum Gasteiger partial charge on any atom is 0.231 e. The van der Waals surface area contributed by atoms with Crippen LogP contribution in [0.2, 0.25) is 0 Å². The lowest BCUT2D eigenvalue weighted by Crippen LogP contribution is -2.38. The standard InChI is InChI=1S/C20H19NO3/c1-13-7-8-16-15(12-24-20(16)14(13)2)11-19(22)21-9-10-23-18-6-4-3-5-17(18)21/h3-8,12H,9-11H2,1-2H3. The molecule has 0 bridgehead atoms. The van der Waals surface area contributed by atoms with E-state index < -0.39 is 0 Å². The molecule has 122 valence electrons. The number of hydrogen-bond donors (Lipinski definition) is 0. The van der Waals surface area contributed by atoms with E-state index in [-0.39, 0.29) is 5.91 Å². The van der Waals surface area contributed by atoms with Crippen molar-refractivity contribution in [1.82, 2.24) is 0 Å². The molecule has 1 aromatic heterocycles. The number of nitrogens with zero attached hydrogens (tertiary/aromatic N) is 1. The van der Waals surface area contributed by atoms with E-state index in [0.717, 1.165) is 33.5 Å². The fraction of sp³-hybridized carbons (Fsp3) is 0.250. The van der Waals surface area contributed by atoms with Gasteiger partial charge < -0.3 is 14.1 Å². The number of ether oxygens (including phenoxy) is 1. The number of amides is 1. The average molecular weight is 321 g/mol. The fourth-order valence-electron chi connectivity index (χ4n) is 3.21. The minimum absolute atomic E-state index is 0.0617. The van der Waals surface area contributed by atoms with E-state index in [1.807, 2.05) is 37.3 Å². The van der Waals surface area contributed by atoms with Gasteiger partial charge in [0.2, 0.25) is 5.91 Å². The number of hydrogen-bond acceptors (Lipinski definition) is 3. The summed E-state index contributed by atoms with van der Waals surface area (Å²) in [6.45, 7) is 5.20. The molecule has 0 unspecified atom stereocenters. The van der Waals surface area contributed by atoms with Gasteiger partial charge in [-0.1, -0.05) is 24.3 Å². The van der Waals surface area contributed by atoms with Crippen molar-refractivity contribution in [3.8, 4) is 5.75 Å². The predicted octanol–water partition coefficient (Wildman–Crippen LogP) is 4.02. The highest BCUT2D eigenvalue weighted by Crippen LogP contribution is 2.32. The fourth-order valence-corrected chi connectivity index (χ4v) is 3.21. The zero-order valence-electron chi connectivity index (χ0n) is 13.8. The van der Waals surface area contributed by atoms with Gasteiger partial charge in [-0.2, -0.15) is 0 Å². The van der Waals surface area contributed by atoms with Crippen LogP contribution in [0.3, 0.4) is 0 Å². The number of carbonyl (C=O) groups excluding carboxylic acids is 1.